The lowest BCUT2D eigenvalue weighted by molar-refractivity contribution is 0.481. The number of hydrogen-bond donors (Lipinski definition) is 0. The first-order valence-corrected chi connectivity index (χ1v) is 16.1. The fourth-order valence-corrected chi connectivity index (χ4v) is 12.0. The van der Waals surface area contributed by atoms with E-state index in [4.69, 9.17) is 9.72 Å². The predicted octanol–water partition coefficient (Wildman–Crippen LogP) is 5.07. The fourth-order valence-electron chi connectivity index (χ4n) is 6.67. The molecule has 0 fully saturated rings. The Bertz CT molecular complexity index is 1710. The summed E-state index contributed by atoms with van der Waals surface area (Å²) in [6, 6.07) is 41.4. The molecular weight excluding hydrogens is 519 g/mol. The summed E-state index contributed by atoms with van der Waals surface area (Å²) in [5.41, 5.74) is 3.73. The number of benzene rings is 4. The number of pyridine rings is 1. The molecule has 0 N–H and O–H groups in total. The molecule has 3 heterocycles. The van der Waals surface area contributed by atoms with Crippen molar-refractivity contribution < 1.29 is 4.74 Å². The van der Waals surface area contributed by atoms with Crippen LogP contribution >= 0.6 is 0 Å². The van der Waals surface area contributed by atoms with Gasteiger partial charge in [-0.05, 0) is 63.1 Å². The van der Waals surface area contributed by atoms with E-state index in [1.165, 1.54) is 26.7 Å². The topological polar surface area (TPSA) is 28.6 Å². The number of aromatic nitrogens is 1. The molecule has 1 aromatic heterocycles. The minimum atomic E-state index is -2.77. The van der Waals surface area contributed by atoms with Crippen molar-refractivity contribution in [3.05, 3.63) is 145 Å². The standard InChI is InChI=1S/C36H33N3OSi/c1-36(2)31-16-4-6-18-33(31)41(35-20-8-9-21-37-35,34-19-7-5-17-32(34)36)30-15-11-14-29(25-30)40-28-13-10-12-27(24-28)39-23-22-38(3)26-39/h4-25H,26H2,1-3H3. The van der Waals surface area contributed by atoms with Gasteiger partial charge in [0.05, 0.1) is 6.67 Å². The average molecular weight is 552 g/mol. The van der Waals surface area contributed by atoms with Crippen molar-refractivity contribution >= 4 is 34.6 Å². The van der Waals surface area contributed by atoms with Gasteiger partial charge in [-0.1, -0.05) is 86.6 Å². The first kappa shape index (κ1) is 25.4. The smallest absolute Gasteiger partial charge is 0.202 e. The molecule has 4 aromatic carbocycles. The minimum Gasteiger partial charge on any atom is -0.457 e. The Morgan fingerprint density at radius 2 is 1.37 bits per heavy atom. The second kappa shape index (κ2) is 9.79. The summed E-state index contributed by atoms with van der Waals surface area (Å²) in [6.45, 7) is 5.52. The van der Waals surface area contributed by atoms with Crippen molar-refractivity contribution in [2.24, 2.45) is 0 Å². The number of nitrogens with zero attached hydrogens (tertiary/aromatic N) is 3. The Morgan fingerprint density at radius 1 is 0.707 bits per heavy atom. The largest absolute Gasteiger partial charge is 0.457 e. The van der Waals surface area contributed by atoms with E-state index >= 15 is 0 Å². The maximum absolute atomic E-state index is 6.57. The van der Waals surface area contributed by atoms with Gasteiger partial charge in [-0.25, -0.2) is 0 Å². The third-order valence-corrected chi connectivity index (χ3v) is 13.3. The van der Waals surface area contributed by atoms with E-state index in [0.29, 0.717) is 0 Å². The van der Waals surface area contributed by atoms with Crippen LogP contribution in [-0.4, -0.2) is 31.7 Å². The maximum Gasteiger partial charge on any atom is 0.202 e. The Balaban J connectivity index is 1.40. The summed E-state index contributed by atoms with van der Waals surface area (Å²) in [5.74, 6) is 1.65. The molecule has 0 amide bonds. The molecule has 7 rings (SSSR count). The highest BCUT2D eigenvalue weighted by atomic mass is 28.3. The van der Waals surface area contributed by atoms with Gasteiger partial charge < -0.3 is 14.5 Å². The van der Waals surface area contributed by atoms with Crippen LogP contribution in [0, 0.1) is 0 Å². The van der Waals surface area contributed by atoms with Gasteiger partial charge in [0, 0.05) is 48.1 Å². The molecular formula is C36H33N3OSi. The molecule has 0 saturated heterocycles. The van der Waals surface area contributed by atoms with Crippen molar-refractivity contribution in [1.82, 2.24) is 9.88 Å². The van der Waals surface area contributed by atoms with Crippen LogP contribution in [0.2, 0.25) is 0 Å². The Kier molecular flexibility index (Phi) is 6.05. The van der Waals surface area contributed by atoms with E-state index < -0.39 is 8.07 Å². The fraction of sp³-hybridized carbons (Fsp3) is 0.139. The Labute approximate surface area is 243 Å². The highest BCUT2D eigenvalue weighted by molar-refractivity contribution is 7.20. The summed E-state index contributed by atoms with van der Waals surface area (Å²) >= 11 is 0. The van der Waals surface area contributed by atoms with Gasteiger partial charge >= 0.3 is 0 Å². The van der Waals surface area contributed by atoms with Crippen molar-refractivity contribution in [3.8, 4) is 11.5 Å². The molecule has 0 saturated carbocycles. The molecule has 0 spiro atoms. The third-order valence-electron chi connectivity index (χ3n) is 8.59. The van der Waals surface area contributed by atoms with Gasteiger partial charge in [0.25, 0.3) is 0 Å². The zero-order valence-electron chi connectivity index (χ0n) is 23.7. The number of ether oxygens (including phenoxy) is 1. The van der Waals surface area contributed by atoms with E-state index in [9.17, 15) is 0 Å². The molecule has 4 nitrogen and oxygen atoms in total. The van der Waals surface area contributed by atoms with Crippen LogP contribution in [-0.2, 0) is 5.41 Å². The molecule has 0 unspecified atom stereocenters. The van der Waals surface area contributed by atoms with Crippen molar-refractivity contribution in [3.63, 3.8) is 0 Å². The molecule has 2 aliphatic rings. The lowest BCUT2D eigenvalue weighted by atomic mass is 9.77. The van der Waals surface area contributed by atoms with Crippen LogP contribution in [0.1, 0.15) is 25.0 Å². The lowest BCUT2D eigenvalue weighted by Gasteiger charge is -2.45. The molecule has 0 atom stereocenters. The van der Waals surface area contributed by atoms with Crippen LogP contribution in [0.25, 0.3) is 0 Å². The summed E-state index contributed by atoms with van der Waals surface area (Å²) in [5, 5.41) is 5.20. The molecule has 0 aliphatic carbocycles. The molecule has 2 aliphatic heterocycles. The van der Waals surface area contributed by atoms with Crippen LogP contribution < -0.4 is 30.5 Å². The highest BCUT2D eigenvalue weighted by Crippen LogP contribution is 2.36. The zero-order chi connectivity index (χ0) is 28.0. The number of anilines is 1. The van der Waals surface area contributed by atoms with Crippen molar-refractivity contribution in [2.45, 2.75) is 19.3 Å². The lowest BCUT2D eigenvalue weighted by Crippen LogP contribution is -2.79. The molecule has 202 valence electrons. The molecule has 41 heavy (non-hydrogen) atoms. The molecule has 0 bridgehead atoms. The summed E-state index contributed by atoms with van der Waals surface area (Å²) in [6.07, 6.45) is 6.12. The Hall–Kier alpha value is -4.61. The SMILES string of the molecule is CN1C=CN(c2cccc(Oc3cccc([Si]4(c5ccccn5)c5ccccc5C(C)(C)c5ccccc54)c3)c2)C1. The van der Waals surface area contributed by atoms with Crippen molar-refractivity contribution in [1.29, 1.82) is 0 Å². The Morgan fingerprint density at radius 3 is 2.02 bits per heavy atom. The van der Waals surface area contributed by atoms with Gasteiger partial charge in [0.2, 0.25) is 8.07 Å². The summed E-state index contributed by atoms with van der Waals surface area (Å²) in [4.78, 5) is 9.44. The van der Waals surface area contributed by atoms with Gasteiger partial charge in [-0.3, -0.25) is 4.98 Å². The van der Waals surface area contributed by atoms with E-state index in [0.717, 1.165) is 29.2 Å². The summed E-state index contributed by atoms with van der Waals surface area (Å²) in [7, 11) is -0.692. The van der Waals surface area contributed by atoms with E-state index in [-0.39, 0.29) is 5.41 Å². The molecule has 5 heteroatoms. The van der Waals surface area contributed by atoms with E-state index in [1.54, 1.807) is 0 Å². The number of hydrogen-bond acceptors (Lipinski definition) is 4. The van der Waals surface area contributed by atoms with E-state index in [2.05, 4.69) is 146 Å². The molecule has 5 aromatic rings. The molecule has 0 radical (unpaired) electrons. The van der Waals surface area contributed by atoms with E-state index in [1.807, 2.05) is 18.3 Å². The third kappa shape index (κ3) is 4.07. The zero-order valence-corrected chi connectivity index (χ0v) is 24.7. The van der Waals surface area contributed by atoms with Crippen LogP contribution in [0.4, 0.5) is 5.69 Å². The first-order valence-electron chi connectivity index (χ1n) is 14.1. The van der Waals surface area contributed by atoms with Crippen molar-refractivity contribution in [2.75, 3.05) is 18.6 Å². The quantitative estimate of drug-likeness (QED) is 0.285. The minimum absolute atomic E-state index is 0.120. The highest BCUT2D eigenvalue weighted by Gasteiger charge is 2.51. The second-order valence-corrected chi connectivity index (χ2v) is 15.1. The van der Waals surface area contributed by atoms with Crippen LogP contribution in [0.3, 0.4) is 0 Å². The summed E-state index contributed by atoms with van der Waals surface area (Å²) < 4.78 is 6.57. The average Bonchev–Trinajstić information content (AvgIpc) is 3.45. The second-order valence-electron chi connectivity index (χ2n) is 11.5. The number of fused-ring (bicyclic) bond motifs is 2. The predicted molar refractivity (Wildman–Crippen MR) is 171 cm³/mol. The monoisotopic (exact) mass is 551 g/mol. The van der Waals surface area contributed by atoms with Crippen LogP contribution in [0.15, 0.2) is 134 Å². The maximum atomic E-state index is 6.57. The van der Waals surface area contributed by atoms with Gasteiger partial charge in [0.1, 0.15) is 11.5 Å². The number of rotatable bonds is 5. The van der Waals surface area contributed by atoms with Crippen LogP contribution in [0.5, 0.6) is 11.5 Å². The van der Waals surface area contributed by atoms with Gasteiger partial charge in [-0.2, -0.15) is 0 Å². The van der Waals surface area contributed by atoms with Gasteiger partial charge in [-0.15, -0.1) is 0 Å². The van der Waals surface area contributed by atoms with Gasteiger partial charge in [0.15, 0.2) is 0 Å². The normalized spacial score (nSPS) is 16.3. The first-order chi connectivity index (χ1) is 20.0.